The number of rotatable bonds is 2. The van der Waals surface area contributed by atoms with Crippen molar-refractivity contribution < 1.29 is 0 Å². The fraction of sp³-hybridized carbons (Fsp3) is 0.700. The summed E-state index contributed by atoms with van der Waals surface area (Å²) in [7, 11) is 0. The molecule has 0 amide bonds. The summed E-state index contributed by atoms with van der Waals surface area (Å²) in [5.41, 5.74) is 6.07. The molecule has 2 nitrogen and oxygen atoms in total. The molecule has 0 aromatic heterocycles. The van der Waals surface area contributed by atoms with E-state index >= 15 is 0 Å². The normalized spacial score (nSPS) is 30.5. The van der Waals surface area contributed by atoms with E-state index in [2.05, 4.69) is 77.3 Å². The molecule has 4 atom stereocenters. The van der Waals surface area contributed by atoms with E-state index in [1.54, 1.807) is 11.1 Å². The number of hydrogen-bond donors (Lipinski definition) is 0. The summed E-state index contributed by atoms with van der Waals surface area (Å²) in [4.78, 5) is 5.24. The minimum atomic E-state index is 0.556. The quantitative estimate of drug-likeness (QED) is 0.747. The van der Waals surface area contributed by atoms with Crippen molar-refractivity contribution in [2.75, 3.05) is 9.80 Å². The Morgan fingerprint density at radius 1 is 0.682 bits per heavy atom. The van der Waals surface area contributed by atoms with Crippen molar-refractivity contribution in [3.8, 4) is 0 Å². The first-order valence-electron chi connectivity index (χ1n) is 9.00. The molecular weight excluding hydrogens is 268 g/mol. The van der Waals surface area contributed by atoms with E-state index < -0.39 is 0 Å². The average molecular weight is 300 g/mol. The molecule has 0 fully saturated rings. The maximum atomic E-state index is 2.62. The number of benzene rings is 1. The fourth-order valence-corrected chi connectivity index (χ4v) is 4.73. The summed E-state index contributed by atoms with van der Waals surface area (Å²) in [6.45, 7) is 18.8. The van der Waals surface area contributed by atoms with Gasteiger partial charge in [0.1, 0.15) is 0 Å². The molecule has 2 heteroatoms. The second-order valence-corrected chi connectivity index (χ2v) is 8.03. The van der Waals surface area contributed by atoms with E-state index in [-0.39, 0.29) is 0 Å². The van der Waals surface area contributed by atoms with Crippen LogP contribution < -0.4 is 9.80 Å². The number of fused-ring (bicyclic) bond motifs is 2. The van der Waals surface area contributed by atoms with E-state index in [4.69, 9.17) is 0 Å². The Bertz CT molecular complexity index is 528. The van der Waals surface area contributed by atoms with Gasteiger partial charge in [0.25, 0.3) is 0 Å². The molecule has 0 aliphatic carbocycles. The second-order valence-electron chi connectivity index (χ2n) is 8.03. The number of hydrogen-bond acceptors (Lipinski definition) is 2. The SMILES string of the molecule is CC(C)N1c2cc3c(cc2[C@@H](C)[C@H]1C)[C@H](C)[C@H](C)N3C(C)C. The van der Waals surface area contributed by atoms with Crippen molar-refractivity contribution in [1.82, 2.24) is 0 Å². The maximum absolute atomic E-state index is 2.62. The van der Waals surface area contributed by atoms with Crippen molar-refractivity contribution >= 4 is 11.4 Å². The van der Waals surface area contributed by atoms with Crippen LogP contribution in [-0.4, -0.2) is 24.2 Å². The van der Waals surface area contributed by atoms with Crippen LogP contribution in [0.2, 0.25) is 0 Å². The zero-order valence-corrected chi connectivity index (χ0v) is 15.5. The van der Waals surface area contributed by atoms with Gasteiger partial charge in [0.05, 0.1) is 0 Å². The van der Waals surface area contributed by atoms with Gasteiger partial charge in [0, 0.05) is 47.4 Å². The van der Waals surface area contributed by atoms with Gasteiger partial charge in [-0.1, -0.05) is 19.9 Å². The Kier molecular flexibility index (Phi) is 3.70. The van der Waals surface area contributed by atoms with Crippen LogP contribution in [0.15, 0.2) is 12.1 Å². The molecule has 2 aliphatic heterocycles. The summed E-state index contributed by atoms with van der Waals surface area (Å²) >= 11 is 0. The van der Waals surface area contributed by atoms with Crippen LogP contribution in [0.25, 0.3) is 0 Å². The predicted octanol–water partition coefficient (Wildman–Crippen LogP) is 5.13. The third-order valence-electron chi connectivity index (χ3n) is 6.15. The predicted molar refractivity (Wildman–Crippen MR) is 97.4 cm³/mol. The van der Waals surface area contributed by atoms with Crippen LogP contribution >= 0.6 is 0 Å². The Morgan fingerprint density at radius 2 is 1.05 bits per heavy atom. The first kappa shape index (κ1) is 15.7. The smallest absolute Gasteiger partial charge is 0.0428 e. The Morgan fingerprint density at radius 3 is 1.36 bits per heavy atom. The van der Waals surface area contributed by atoms with Crippen molar-refractivity contribution in [2.24, 2.45) is 0 Å². The largest absolute Gasteiger partial charge is 0.365 e. The van der Waals surface area contributed by atoms with E-state index in [9.17, 15) is 0 Å². The summed E-state index contributed by atoms with van der Waals surface area (Å²) in [5, 5.41) is 0. The van der Waals surface area contributed by atoms with Gasteiger partial charge in [-0.15, -0.1) is 0 Å². The molecular formula is C20H32N2. The lowest BCUT2D eigenvalue weighted by Gasteiger charge is -2.33. The van der Waals surface area contributed by atoms with E-state index in [1.807, 2.05) is 0 Å². The zero-order chi connectivity index (χ0) is 16.3. The molecule has 0 radical (unpaired) electrons. The lowest BCUT2D eigenvalue weighted by atomic mass is 9.92. The Balaban J connectivity index is 2.16. The van der Waals surface area contributed by atoms with Gasteiger partial charge in [-0.2, -0.15) is 0 Å². The molecule has 0 unspecified atom stereocenters. The molecule has 122 valence electrons. The summed E-state index contributed by atoms with van der Waals surface area (Å²) < 4.78 is 0. The van der Waals surface area contributed by atoms with Crippen molar-refractivity contribution in [3.63, 3.8) is 0 Å². The summed E-state index contributed by atoms with van der Waals surface area (Å²) in [6, 6.07) is 7.32. The van der Waals surface area contributed by atoms with Gasteiger partial charge in [0.2, 0.25) is 0 Å². The van der Waals surface area contributed by atoms with Crippen LogP contribution in [0.1, 0.15) is 78.4 Å². The summed E-state index contributed by atoms with van der Waals surface area (Å²) in [5.74, 6) is 1.25. The zero-order valence-electron chi connectivity index (χ0n) is 15.5. The van der Waals surface area contributed by atoms with E-state index in [0.717, 1.165) is 0 Å². The molecule has 0 spiro atoms. The molecule has 0 saturated carbocycles. The highest BCUT2D eigenvalue weighted by Gasteiger charge is 2.40. The van der Waals surface area contributed by atoms with Gasteiger partial charge in [0.15, 0.2) is 0 Å². The molecule has 1 aromatic rings. The van der Waals surface area contributed by atoms with Gasteiger partial charge in [-0.05, 0) is 58.7 Å². The molecule has 0 saturated heterocycles. The maximum Gasteiger partial charge on any atom is 0.0428 e. The minimum Gasteiger partial charge on any atom is -0.365 e. The standard InChI is InChI=1S/C20H32N2/c1-11(2)21-15(7)13(5)17-9-18-14(6)16(8)22(12(3)4)20(18)10-19(17)21/h9-16H,1-8H3/t13-,14+,15+,16-. The molecule has 0 bridgehead atoms. The van der Waals surface area contributed by atoms with Crippen LogP contribution in [0.4, 0.5) is 11.4 Å². The van der Waals surface area contributed by atoms with E-state index in [1.165, 1.54) is 11.4 Å². The van der Waals surface area contributed by atoms with Crippen LogP contribution in [0, 0.1) is 0 Å². The molecule has 0 N–H and O–H groups in total. The van der Waals surface area contributed by atoms with Crippen molar-refractivity contribution in [1.29, 1.82) is 0 Å². The van der Waals surface area contributed by atoms with Crippen LogP contribution in [0.5, 0.6) is 0 Å². The Hall–Kier alpha value is -1.18. The second kappa shape index (κ2) is 5.18. The molecule has 1 aromatic carbocycles. The third-order valence-corrected chi connectivity index (χ3v) is 6.15. The van der Waals surface area contributed by atoms with Gasteiger partial charge in [-0.25, -0.2) is 0 Å². The summed E-state index contributed by atoms with van der Waals surface area (Å²) in [6.07, 6.45) is 0. The lowest BCUT2D eigenvalue weighted by molar-refractivity contribution is 0.544. The van der Waals surface area contributed by atoms with Crippen LogP contribution in [0.3, 0.4) is 0 Å². The highest BCUT2D eigenvalue weighted by Crippen LogP contribution is 2.50. The molecule has 2 heterocycles. The number of anilines is 2. The van der Waals surface area contributed by atoms with Crippen LogP contribution in [-0.2, 0) is 0 Å². The Labute approximate surface area is 136 Å². The number of nitrogens with zero attached hydrogens (tertiary/aromatic N) is 2. The average Bonchev–Trinajstić information content (AvgIpc) is 2.82. The van der Waals surface area contributed by atoms with Crippen molar-refractivity contribution in [3.05, 3.63) is 23.3 Å². The highest BCUT2D eigenvalue weighted by atomic mass is 15.2. The highest BCUT2D eigenvalue weighted by molar-refractivity contribution is 5.75. The monoisotopic (exact) mass is 300 g/mol. The van der Waals surface area contributed by atoms with Gasteiger partial charge in [-0.3, -0.25) is 0 Å². The minimum absolute atomic E-state index is 0.556. The topological polar surface area (TPSA) is 6.48 Å². The third kappa shape index (κ3) is 1.99. The first-order valence-corrected chi connectivity index (χ1v) is 9.00. The van der Waals surface area contributed by atoms with Gasteiger partial charge < -0.3 is 9.80 Å². The fourth-order valence-electron chi connectivity index (χ4n) is 4.73. The first-order chi connectivity index (χ1) is 10.3. The molecule has 3 rings (SSSR count). The molecule has 22 heavy (non-hydrogen) atoms. The molecule has 2 aliphatic rings. The van der Waals surface area contributed by atoms with Gasteiger partial charge >= 0.3 is 0 Å². The van der Waals surface area contributed by atoms with E-state index in [0.29, 0.717) is 36.0 Å². The lowest BCUT2D eigenvalue weighted by Crippen LogP contribution is -2.37. The van der Waals surface area contributed by atoms with Crippen molar-refractivity contribution in [2.45, 2.75) is 91.4 Å².